The first-order chi connectivity index (χ1) is 15.1. The second kappa shape index (κ2) is 12.4. The van der Waals surface area contributed by atoms with E-state index in [4.69, 9.17) is 14.2 Å². The zero-order valence-electron chi connectivity index (χ0n) is 18.9. The average molecular weight is 437 g/mol. The van der Waals surface area contributed by atoms with Gasteiger partial charge in [0.25, 0.3) is 0 Å². The summed E-state index contributed by atoms with van der Waals surface area (Å²) < 4.78 is 45.6. The molecule has 0 bridgehead atoms. The number of benzene rings is 1. The fourth-order valence-corrected chi connectivity index (χ4v) is 4.83. The van der Waals surface area contributed by atoms with Gasteiger partial charge in [-0.3, -0.25) is 0 Å². The van der Waals surface area contributed by atoms with Gasteiger partial charge in [0.2, 0.25) is 11.6 Å². The third-order valence-corrected chi connectivity index (χ3v) is 6.90. The molecule has 2 fully saturated rings. The fraction of sp³-hybridized carbons (Fsp3) is 0.692. The highest BCUT2D eigenvalue weighted by atomic mass is 19.2. The minimum absolute atomic E-state index is 0.0197. The van der Waals surface area contributed by atoms with E-state index in [1.54, 1.807) is 0 Å². The van der Waals surface area contributed by atoms with Crippen molar-refractivity contribution in [1.29, 1.82) is 0 Å². The molecular weight excluding hydrogens is 398 g/mol. The highest BCUT2D eigenvalue weighted by molar-refractivity contribution is 5.35. The zero-order chi connectivity index (χ0) is 22.1. The molecule has 1 heterocycles. The maximum Gasteiger partial charge on any atom is 0.204 e. The van der Waals surface area contributed by atoms with Crippen molar-refractivity contribution < 1.29 is 23.0 Å². The highest BCUT2D eigenvalue weighted by Gasteiger charge is 2.31. The topological polar surface area (TPSA) is 27.7 Å². The summed E-state index contributed by atoms with van der Waals surface area (Å²) in [7, 11) is 0. The molecule has 1 aliphatic carbocycles. The Hall–Kier alpha value is -1.62. The molecule has 0 amide bonds. The fourth-order valence-electron chi connectivity index (χ4n) is 4.83. The first kappa shape index (κ1) is 24.0. The van der Waals surface area contributed by atoms with Crippen LogP contribution in [-0.2, 0) is 4.74 Å². The molecule has 1 aliphatic heterocycles. The van der Waals surface area contributed by atoms with Gasteiger partial charge in [0, 0.05) is 0 Å². The standard InChI is InChI=1S/C26H38F2O3/c1-3-5-7-22-13-12-21(18-30-22)20-10-8-19(9-11-20)17-31-24-15-14-23(25(27)26(24)28)29-16-6-4-2/h3,14-15,19-22H,1,4-13,16-18H2,2H3. The Morgan fingerprint density at radius 1 is 1.00 bits per heavy atom. The van der Waals surface area contributed by atoms with Crippen molar-refractivity contribution in [3.8, 4) is 11.5 Å². The van der Waals surface area contributed by atoms with Crippen molar-refractivity contribution in [2.45, 2.75) is 77.2 Å². The van der Waals surface area contributed by atoms with Crippen LogP contribution in [-0.4, -0.2) is 25.9 Å². The number of hydrogen-bond acceptors (Lipinski definition) is 3. The predicted octanol–water partition coefficient (Wildman–Crippen LogP) is 7.09. The SMILES string of the molecule is C=CCCC1CCC(C2CCC(COc3ccc(OCCCC)c(F)c3F)CC2)CO1. The maximum absolute atomic E-state index is 14.3. The molecule has 1 saturated heterocycles. The van der Waals surface area contributed by atoms with Crippen LogP contribution in [0.4, 0.5) is 8.78 Å². The first-order valence-electron chi connectivity index (χ1n) is 12.1. The zero-order valence-corrected chi connectivity index (χ0v) is 18.9. The van der Waals surface area contributed by atoms with Crippen LogP contribution in [0.15, 0.2) is 24.8 Å². The number of rotatable bonds is 11. The van der Waals surface area contributed by atoms with Crippen molar-refractivity contribution in [3.05, 3.63) is 36.4 Å². The molecule has 0 radical (unpaired) electrons. The lowest BCUT2D eigenvalue weighted by Crippen LogP contribution is -2.33. The molecule has 1 aromatic rings. The lowest BCUT2D eigenvalue weighted by molar-refractivity contribution is -0.0421. The molecule has 0 spiro atoms. The van der Waals surface area contributed by atoms with Crippen LogP contribution >= 0.6 is 0 Å². The predicted molar refractivity (Wildman–Crippen MR) is 120 cm³/mol. The largest absolute Gasteiger partial charge is 0.490 e. The Kier molecular flexibility index (Phi) is 9.63. The Morgan fingerprint density at radius 2 is 1.68 bits per heavy atom. The normalized spacial score (nSPS) is 26.4. The van der Waals surface area contributed by atoms with E-state index >= 15 is 0 Å². The van der Waals surface area contributed by atoms with E-state index in [0.717, 1.165) is 51.6 Å². The molecule has 0 N–H and O–H groups in total. The smallest absolute Gasteiger partial charge is 0.204 e. The minimum Gasteiger partial charge on any atom is -0.490 e. The molecule has 174 valence electrons. The molecule has 2 aliphatic rings. The lowest BCUT2D eigenvalue weighted by Gasteiger charge is -2.37. The number of halogens is 2. The Balaban J connectivity index is 1.39. The third-order valence-electron chi connectivity index (χ3n) is 6.90. The van der Waals surface area contributed by atoms with Crippen LogP contribution < -0.4 is 9.47 Å². The Bertz CT molecular complexity index is 677. The summed E-state index contributed by atoms with van der Waals surface area (Å²) in [5.41, 5.74) is 0. The number of ether oxygens (including phenoxy) is 3. The van der Waals surface area contributed by atoms with Crippen LogP contribution in [0.25, 0.3) is 0 Å². The van der Waals surface area contributed by atoms with Gasteiger partial charge in [-0.1, -0.05) is 19.4 Å². The van der Waals surface area contributed by atoms with Crippen LogP contribution in [0, 0.1) is 29.4 Å². The molecule has 0 aromatic heterocycles. The molecule has 1 saturated carbocycles. The summed E-state index contributed by atoms with van der Waals surface area (Å²) in [6.45, 7) is 7.51. The van der Waals surface area contributed by atoms with Gasteiger partial charge in [0.1, 0.15) is 0 Å². The van der Waals surface area contributed by atoms with Crippen LogP contribution in [0.5, 0.6) is 11.5 Å². The van der Waals surface area contributed by atoms with Crippen molar-refractivity contribution >= 4 is 0 Å². The molecule has 1 aromatic carbocycles. The minimum atomic E-state index is -0.957. The molecular formula is C26H38F2O3. The molecule has 2 atom stereocenters. The van der Waals surface area contributed by atoms with Crippen LogP contribution in [0.1, 0.15) is 71.1 Å². The first-order valence-corrected chi connectivity index (χ1v) is 12.1. The second-order valence-corrected chi connectivity index (χ2v) is 9.14. The molecule has 3 rings (SSSR count). The Labute approximate surface area is 186 Å². The summed E-state index contributed by atoms with van der Waals surface area (Å²) in [6.07, 6.45) is 13.1. The van der Waals surface area contributed by atoms with Crippen molar-refractivity contribution in [2.24, 2.45) is 17.8 Å². The van der Waals surface area contributed by atoms with Crippen molar-refractivity contribution in [3.63, 3.8) is 0 Å². The van der Waals surface area contributed by atoms with Gasteiger partial charge in [-0.15, -0.1) is 6.58 Å². The summed E-state index contributed by atoms with van der Waals surface area (Å²) >= 11 is 0. The van der Waals surface area contributed by atoms with Gasteiger partial charge >= 0.3 is 0 Å². The summed E-state index contributed by atoms with van der Waals surface area (Å²) in [5, 5.41) is 0. The van der Waals surface area contributed by atoms with Gasteiger partial charge in [-0.25, -0.2) is 0 Å². The summed E-state index contributed by atoms with van der Waals surface area (Å²) in [4.78, 5) is 0. The lowest BCUT2D eigenvalue weighted by atomic mass is 9.74. The average Bonchev–Trinajstić information content (AvgIpc) is 2.81. The van der Waals surface area contributed by atoms with E-state index < -0.39 is 11.6 Å². The van der Waals surface area contributed by atoms with E-state index in [2.05, 4.69) is 6.58 Å². The molecule has 2 unspecified atom stereocenters. The van der Waals surface area contributed by atoms with Crippen LogP contribution in [0.3, 0.4) is 0 Å². The third kappa shape index (κ3) is 6.93. The monoisotopic (exact) mass is 436 g/mol. The van der Waals surface area contributed by atoms with Gasteiger partial charge < -0.3 is 14.2 Å². The van der Waals surface area contributed by atoms with E-state index in [-0.39, 0.29) is 11.5 Å². The van der Waals surface area contributed by atoms with E-state index in [1.165, 1.54) is 31.4 Å². The molecule has 3 nitrogen and oxygen atoms in total. The molecule has 5 heteroatoms. The quantitative estimate of drug-likeness (QED) is 0.274. The Morgan fingerprint density at radius 3 is 2.29 bits per heavy atom. The van der Waals surface area contributed by atoms with Gasteiger partial charge in [0.15, 0.2) is 11.5 Å². The van der Waals surface area contributed by atoms with E-state index in [9.17, 15) is 8.78 Å². The number of allylic oxidation sites excluding steroid dienone is 1. The van der Waals surface area contributed by atoms with Crippen LogP contribution in [0.2, 0.25) is 0 Å². The highest BCUT2D eigenvalue weighted by Crippen LogP contribution is 2.38. The second-order valence-electron chi connectivity index (χ2n) is 9.14. The molecule has 31 heavy (non-hydrogen) atoms. The van der Waals surface area contributed by atoms with E-state index in [1.807, 2.05) is 13.0 Å². The number of hydrogen-bond donors (Lipinski definition) is 0. The van der Waals surface area contributed by atoms with E-state index in [0.29, 0.717) is 37.1 Å². The summed E-state index contributed by atoms with van der Waals surface area (Å²) in [6, 6.07) is 2.94. The van der Waals surface area contributed by atoms with Crippen molar-refractivity contribution in [2.75, 3.05) is 19.8 Å². The van der Waals surface area contributed by atoms with Gasteiger partial charge in [0.05, 0.1) is 25.9 Å². The number of unbranched alkanes of at least 4 members (excludes halogenated alkanes) is 1. The van der Waals surface area contributed by atoms with Crippen molar-refractivity contribution in [1.82, 2.24) is 0 Å². The maximum atomic E-state index is 14.3. The van der Waals surface area contributed by atoms with Gasteiger partial charge in [-0.05, 0) is 87.7 Å². The summed E-state index contributed by atoms with van der Waals surface area (Å²) in [5.74, 6) is -0.203. The van der Waals surface area contributed by atoms with Gasteiger partial charge in [-0.2, -0.15) is 8.78 Å².